The van der Waals surface area contributed by atoms with Crippen LogP contribution < -0.4 is 0 Å². The molecule has 2 fully saturated rings. The summed E-state index contributed by atoms with van der Waals surface area (Å²) in [6.07, 6.45) is 7.40. The zero-order valence-electron chi connectivity index (χ0n) is 10.0. The summed E-state index contributed by atoms with van der Waals surface area (Å²) in [5.41, 5.74) is -0.344. The van der Waals surface area contributed by atoms with Crippen molar-refractivity contribution in [1.82, 2.24) is 0 Å². The first-order chi connectivity index (χ1) is 7.13. The van der Waals surface area contributed by atoms with Crippen LogP contribution in [-0.2, 0) is 0 Å². The Hall–Kier alpha value is 0.310. The van der Waals surface area contributed by atoms with Crippen molar-refractivity contribution in [3.8, 4) is 0 Å². The third-order valence-electron chi connectivity index (χ3n) is 4.52. The Balaban J connectivity index is 2.00. The topological polar surface area (TPSA) is 20.2 Å². The number of aliphatic hydroxyl groups is 1. The molecule has 0 bridgehead atoms. The van der Waals surface area contributed by atoms with Crippen LogP contribution in [0, 0.1) is 11.8 Å². The fourth-order valence-corrected chi connectivity index (χ4v) is 4.52. The molecule has 1 aliphatic heterocycles. The first-order valence-corrected chi connectivity index (χ1v) is 7.52. The van der Waals surface area contributed by atoms with Crippen molar-refractivity contribution in [2.45, 2.75) is 63.2 Å². The molecule has 0 aromatic rings. The molecule has 1 aliphatic carbocycles. The number of hydrogen-bond donors (Lipinski definition) is 1. The number of hydrogen-bond acceptors (Lipinski definition) is 2. The van der Waals surface area contributed by atoms with Gasteiger partial charge in [-0.1, -0.05) is 26.7 Å². The second-order valence-electron chi connectivity index (χ2n) is 5.56. The van der Waals surface area contributed by atoms with Gasteiger partial charge >= 0.3 is 0 Å². The van der Waals surface area contributed by atoms with E-state index in [2.05, 4.69) is 13.8 Å². The molecule has 1 nitrogen and oxygen atoms in total. The van der Waals surface area contributed by atoms with E-state index in [-0.39, 0.29) is 5.60 Å². The maximum Gasteiger partial charge on any atom is 0.0791 e. The van der Waals surface area contributed by atoms with Gasteiger partial charge in [0.05, 0.1) is 5.60 Å². The zero-order valence-corrected chi connectivity index (χ0v) is 10.9. The fourth-order valence-electron chi connectivity index (χ4n) is 3.26. The predicted octanol–water partition coefficient (Wildman–Crippen LogP) is 3.46. The van der Waals surface area contributed by atoms with E-state index in [1.807, 2.05) is 11.8 Å². The van der Waals surface area contributed by atoms with E-state index in [0.717, 1.165) is 12.3 Å². The van der Waals surface area contributed by atoms with Crippen LogP contribution in [0.5, 0.6) is 0 Å². The van der Waals surface area contributed by atoms with Gasteiger partial charge in [0, 0.05) is 5.25 Å². The molecule has 1 heterocycles. The highest BCUT2D eigenvalue weighted by Gasteiger charge is 2.44. The van der Waals surface area contributed by atoms with E-state index in [1.54, 1.807) is 0 Å². The van der Waals surface area contributed by atoms with Gasteiger partial charge in [-0.2, -0.15) is 11.8 Å². The highest BCUT2D eigenvalue weighted by atomic mass is 32.2. The molecule has 2 rings (SSSR count). The van der Waals surface area contributed by atoms with E-state index in [1.165, 1.54) is 37.9 Å². The van der Waals surface area contributed by atoms with Crippen molar-refractivity contribution >= 4 is 11.8 Å². The second-order valence-corrected chi connectivity index (χ2v) is 7.01. The third kappa shape index (κ3) is 2.36. The molecule has 1 N–H and O–H groups in total. The Labute approximate surface area is 98.0 Å². The van der Waals surface area contributed by atoms with Crippen molar-refractivity contribution < 1.29 is 5.11 Å². The minimum atomic E-state index is -0.344. The van der Waals surface area contributed by atoms with Gasteiger partial charge < -0.3 is 5.11 Å². The Kier molecular flexibility index (Phi) is 3.67. The summed E-state index contributed by atoms with van der Waals surface area (Å²) >= 11 is 1.97. The summed E-state index contributed by atoms with van der Waals surface area (Å²) in [6, 6.07) is 0. The van der Waals surface area contributed by atoms with E-state index < -0.39 is 0 Å². The maximum atomic E-state index is 10.8. The molecule has 2 heteroatoms. The molecule has 15 heavy (non-hydrogen) atoms. The molecular weight excluding hydrogens is 204 g/mol. The van der Waals surface area contributed by atoms with Gasteiger partial charge in [-0.3, -0.25) is 0 Å². The lowest BCUT2D eigenvalue weighted by atomic mass is 9.71. The van der Waals surface area contributed by atoms with Gasteiger partial charge in [0.1, 0.15) is 0 Å². The van der Waals surface area contributed by atoms with E-state index in [0.29, 0.717) is 11.2 Å². The van der Waals surface area contributed by atoms with Gasteiger partial charge in [0.2, 0.25) is 0 Å². The summed E-state index contributed by atoms with van der Waals surface area (Å²) in [5.74, 6) is 2.71. The average molecular weight is 228 g/mol. The largest absolute Gasteiger partial charge is 0.388 e. The molecule has 1 saturated heterocycles. The zero-order chi connectivity index (χ0) is 10.9. The molecular formula is C13H24OS. The van der Waals surface area contributed by atoms with Crippen molar-refractivity contribution in [2.24, 2.45) is 11.8 Å². The van der Waals surface area contributed by atoms with Crippen molar-refractivity contribution in [1.29, 1.82) is 0 Å². The first-order valence-electron chi connectivity index (χ1n) is 6.47. The maximum absolute atomic E-state index is 10.8. The van der Waals surface area contributed by atoms with E-state index in [4.69, 9.17) is 0 Å². The Bertz CT molecular complexity index is 211. The Morgan fingerprint density at radius 1 is 1.13 bits per heavy atom. The van der Waals surface area contributed by atoms with Crippen molar-refractivity contribution in [3.63, 3.8) is 0 Å². The summed E-state index contributed by atoms with van der Waals surface area (Å²) in [6.45, 7) is 4.57. The van der Waals surface area contributed by atoms with Crippen LogP contribution in [0.25, 0.3) is 0 Å². The lowest BCUT2D eigenvalue weighted by Gasteiger charge is -2.46. The van der Waals surface area contributed by atoms with Gasteiger partial charge in [-0.25, -0.2) is 0 Å². The number of rotatable bonds is 1. The first kappa shape index (κ1) is 11.8. The molecule has 2 unspecified atom stereocenters. The second kappa shape index (κ2) is 4.67. The van der Waals surface area contributed by atoms with Crippen molar-refractivity contribution in [3.05, 3.63) is 0 Å². The van der Waals surface area contributed by atoms with E-state index in [9.17, 15) is 5.11 Å². The van der Waals surface area contributed by atoms with Crippen molar-refractivity contribution in [2.75, 3.05) is 5.75 Å². The Morgan fingerprint density at radius 3 is 2.40 bits per heavy atom. The number of thioether (sulfide) groups is 1. The summed E-state index contributed by atoms with van der Waals surface area (Å²) in [7, 11) is 0. The molecule has 0 aromatic heterocycles. The molecule has 0 spiro atoms. The van der Waals surface area contributed by atoms with Gasteiger partial charge in [-0.05, 0) is 43.3 Å². The lowest BCUT2D eigenvalue weighted by Crippen LogP contribution is -2.49. The van der Waals surface area contributed by atoms with Crippen LogP contribution in [0.15, 0.2) is 0 Å². The molecule has 2 aliphatic rings. The summed E-state index contributed by atoms with van der Waals surface area (Å²) in [4.78, 5) is 0. The van der Waals surface area contributed by atoms with Gasteiger partial charge in [0.15, 0.2) is 0 Å². The quantitative estimate of drug-likeness (QED) is 0.741. The summed E-state index contributed by atoms with van der Waals surface area (Å²) < 4.78 is 0. The predicted molar refractivity (Wildman–Crippen MR) is 67.2 cm³/mol. The highest BCUT2D eigenvalue weighted by Crippen LogP contribution is 2.45. The van der Waals surface area contributed by atoms with Crippen LogP contribution in [0.1, 0.15) is 52.4 Å². The fraction of sp³-hybridized carbons (Fsp3) is 1.00. The molecule has 0 aromatic carbocycles. The SMILES string of the molecule is CC1CCC(C2(O)CCCSC2C)CC1. The van der Waals surface area contributed by atoms with Crippen LogP contribution in [0.2, 0.25) is 0 Å². The highest BCUT2D eigenvalue weighted by molar-refractivity contribution is 8.00. The standard InChI is InChI=1S/C13H24OS/c1-10-4-6-12(7-5-10)13(14)8-3-9-15-11(13)2/h10-12,14H,3-9H2,1-2H3. The minimum Gasteiger partial charge on any atom is -0.388 e. The molecule has 0 radical (unpaired) electrons. The van der Waals surface area contributed by atoms with Crippen LogP contribution >= 0.6 is 11.8 Å². The Morgan fingerprint density at radius 2 is 1.80 bits per heavy atom. The molecule has 0 amide bonds. The monoisotopic (exact) mass is 228 g/mol. The van der Waals surface area contributed by atoms with Gasteiger partial charge in [0.25, 0.3) is 0 Å². The molecule has 1 saturated carbocycles. The van der Waals surface area contributed by atoms with Crippen LogP contribution in [0.3, 0.4) is 0 Å². The third-order valence-corrected chi connectivity index (χ3v) is 5.95. The van der Waals surface area contributed by atoms with E-state index >= 15 is 0 Å². The molecule has 88 valence electrons. The average Bonchev–Trinajstić information content (AvgIpc) is 2.23. The molecule has 2 atom stereocenters. The lowest BCUT2D eigenvalue weighted by molar-refractivity contribution is -0.0452. The minimum absolute atomic E-state index is 0.344. The normalized spacial score (nSPS) is 47.8. The smallest absolute Gasteiger partial charge is 0.0791 e. The summed E-state index contributed by atoms with van der Waals surface area (Å²) in [5, 5.41) is 11.3. The van der Waals surface area contributed by atoms with Crippen LogP contribution in [-0.4, -0.2) is 21.7 Å². The van der Waals surface area contributed by atoms with Crippen LogP contribution in [0.4, 0.5) is 0 Å². The van der Waals surface area contributed by atoms with Gasteiger partial charge in [-0.15, -0.1) is 0 Å².